The first-order valence-corrected chi connectivity index (χ1v) is 12.4. The van der Waals surface area contributed by atoms with E-state index in [1.807, 2.05) is 0 Å². The zero-order chi connectivity index (χ0) is 26.3. The van der Waals surface area contributed by atoms with Gasteiger partial charge in [-0.25, -0.2) is 24.8 Å². The van der Waals surface area contributed by atoms with Crippen molar-refractivity contribution in [3.05, 3.63) is 31.3 Å². The summed E-state index contributed by atoms with van der Waals surface area (Å²) in [5.41, 5.74) is 1.60. The molecule has 1 aliphatic rings. The molecule has 1 aliphatic carbocycles. The number of rotatable bonds is 6. The Bertz CT molecular complexity index is 1260. The summed E-state index contributed by atoms with van der Waals surface area (Å²) >= 11 is 0.724. The minimum Gasteiger partial charge on any atom is -0.443 e. The molecule has 2 aromatic rings. The zero-order valence-corrected chi connectivity index (χ0v) is 21.2. The third-order valence-corrected chi connectivity index (χ3v) is 7.04. The Balaban J connectivity index is 2.02. The second-order valence-electron chi connectivity index (χ2n) is 9.00. The highest BCUT2D eigenvalue weighted by molar-refractivity contribution is 8.00. The molecule has 1 saturated carbocycles. The van der Waals surface area contributed by atoms with E-state index in [1.165, 1.54) is 4.57 Å². The fraction of sp³-hybridized carbons (Fsp3) is 0.600. The monoisotopic (exact) mass is 537 g/mol. The smallest absolute Gasteiger partial charge is 0.441 e. The van der Waals surface area contributed by atoms with Crippen LogP contribution in [0.4, 0.5) is 22.8 Å². The fourth-order valence-electron chi connectivity index (χ4n) is 3.39. The molecule has 3 amide bonds. The van der Waals surface area contributed by atoms with Crippen LogP contribution in [0, 0.1) is 6.92 Å². The molecule has 15 heteroatoms. The van der Waals surface area contributed by atoms with Gasteiger partial charge in [0.15, 0.2) is 0 Å². The largest absolute Gasteiger partial charge is 0.443 e. The van der Waals surface area contributed by atoms with Gasteiger partial charge in [-0.05, 0) is 57.9 Å². The average Bonchev–Trinajstić information content (AvgIpc) is 3.46. The number of primary amides is 1. The number of hydrogen-bond donors (Lipinski definition) is 2. The van der Waals surface area contributed by atoms with E-state index in [-0.39, 0.29) is 41.1 Å². The highest BCUT2D eigenvalue weighted by atomic mass is 32.2. The van der Waals surface area contributed by atoms with Gasteiger partial charge in [-0.1, -0.05) is 0 Å². The Morgan fingerprint density at radius 2 is 1.89 bits per heavy atom. The predicted molar refractivity (Wildman–Crippen MR) is 126 cm³/mol. The number of thiophene rings is 1. The Morgan fingerprint density at radius 3 is 2.40 bits per heavy atom. The van der Waals surface area contributed by atoms with Crippen molar-refractivity contribution in [3.63, 3.8) is 0 Å². The Kier molecular flexibility index (Phi) is 7.50. The molecule has 2 aromatic heterocycles. The van der Waals surface area contributed by atoms with Crippen molar-refractivity contribution in [3.8, 4) is 0 Å². The molecule has 0 unspecified atom stereocenters. The average molecular weight is 538 g/mol. The van der Waals surface area contributed by atoms with Crippen LogP contribution in [0.3, 0.4) is 0 Å². The minimum atomic E-state index is -4.46. The van der Waals surface area contributed by atoms with Crippen LogP contribution in [0.2, 0.25) is 0 Å². The minimum absolute atomic E-state index is 0.190. The number of halogens is 3. The van der Waals surface area contributed by atoms with Gasteiger partial charge < -0.3 is 10.5 Å². The summed E-state index contributed by atoms with van der Waals surface area (Å²) in [5.74, 6) is -0.415. The van der Waals surface area contributed by atoms with Crippen molar-refractivity contribution in [2.24, 2.45) is 5.73 Å². The first-order valence-electron chi connectivity index (χ1n) is 10.6. The molecular formula is C20H26F3N5O5S2. The number of aromatic nitrogens is 2. The molecule has 10 nitrogen and oxygen atoms in total. The standard InChI is InChI=1S/C20H26F3N5O5S2/c1-10-12(9-27(16(24)30)25-17(31)33-19(2,3)4)35-15-13(10)14(29)28(11-5-6-11)18(32)26(15)7-8-34-20(21,22)23/h11H,5-9H2,1-4H3,(H2,24,30)(H,25,31). The Hall–Kier alpha value is -2.68. The number of hydrogen-bond acceptors (Lipinski definition) is 7. The summed E-state index contributed by atoms with van der Waals surface area (Å²) in [5, 5.41) is 0.989. The predicted octanol–water partition coefficient (Wildman–Crippen LogP) is 3.44. The van der Waals surface area contributed by atoms with Crippen LogP contribution in [-0.4, -0.2) is 43.1 Å². The number of ether oxygens (including phenoxy) is 1. The lowest BCUT2D eigenvalue weighted by molar-refractivity contribution is -0.0328. The van der Waals surface area contributed by atoms with E-state index >= 15 is 0 Å². The maximum atomic E-state index is 13.2. The van der Waals surface area contributed by atoms with E-state index in [0.717, 1.165) is 20.9 Å². The molecule has 0 aliphatic heterocycles. The quantitative estimate of drug-likeness (QED) is 0.544. The van der Waals surface area contributed by atoms with Crippen LogP contribution in [-0.2, 0) is 17.8 Å². The highest BCUT2D eigenvalue weighted by Gasteiger charge is 2.32. The van der Waals surface area contributed by atoms with Crippen molar-refractivity contribution in [2.45, 2.75) is 70.8 Å². The number of nitrogens with one attached hydrogen (secondary N) is 1. The van der Waals surface area contributed by atoms with Gasteiger partial charge >= 0.3 is 23.3 Å². The van der Waals surface area contributed by atoms with Crippen molar-refractivity contribution >= 4 is 45.4 Å². The molecule has 0 aromatic carbocycles. The second-order valence-corrected chi connectivity index (χ2v) is 11.2. The molecule has 2 heterocycles. The van der Waals surface area contributed by atoms with Crippen LogP contribution in [0.5, 0.6) is 0 Å². The second kappa shape index (κ2) is 9.76. The normalized spacial score (nSPS) is 14.3. The SMILES string of the molecule is Cc1c(CN(NC(=O)OC(C)(C)C)C(N)=O)sc2c1c(=O)n(C1CC1)c(=O)n2CCSC(F)(F)F. The highest BCUT2D eigenvalue weighted by Crippen LogP contribution is 2.35. The first kappa shape index (κ1) is 26.9. The van der Waals surface area contributed by atoms with Crippen LogP contribution >= 0.6 is 23.1 Å². The molecule has 35 heavy (non-hydrogen) atoms. The van der Waals surface area contributed by atoms with E-state index in [0.29, 0.717) is 23.3 Å². The van der Waals surface area contributed by atoms with Crippen LogP contribution < -0.4 is 22.4 Å². The van der Waals surface area contributed by atoms with Crippen molar-refractivity contribution < 1.29 is 27.5 Å². The van der Waals surface area contributed by atoms with Gasteiger partial charge in [-0.3, -0.25) is 13.9 Å². The Labute approximate surface area is 206 Å². The number of carbonyl (C=O) groups excluding carboxylic acids is 2. The van der Waals surface area contributed by atoms with E-state index in [9.17, 15) is 32.3 Å². The van der Waals surface area contributed by atoms with Gasteiger partial charge in [0.25, 0.3) is 5.56 Å². The number of fused-ring (bicyclic) bond motifs is 1. The number of nitrogens with two attached hydrogens (primary N) is 1. The van der Waals surface area contributed by atoms with Crippen LogP contribution in [0.1, 0.15) is 50.1 Å². The summed E-state index contributed by atoms with van der Waals surface area (Å²) < 4.78 is 45.4. The summed E-state index contributed by atoms with van der Waals surface area (Å²) in [7, 11) is 0. The number of carbonyl (C=O) groups is 2. The van der Waals surface area contributed by atoms with Gasteiger partial charge in [0, 0.05) is 23.2 Å². The maximum Gasteiger partial charge on any atom is 0.441 e. The molecule has 0 bridgehead atoms. The number of amides is 3. The summed E-state index contributed by atoms with van der Waals surface area (Å²) in [4.78, 5) is 51.0. The van der Waals surface area contributed by atoms with E-state index in [1.54, 1.807) is 27.7 Å². The molecular weight excluding hydrogens is 511 g/mol. The maximum absolute atomic E-state index is 13.2. The summed E-state index contributed by atoms with van der Waals surface area (Å²) in [6.45, 7) is 6.02. The van der Waals surface area contributed by atoms with Gasteiger partial charge in [-0.15, -0.1) is 11.3 Å². The molecule has 3 N–H and O–H groups in total. The number of nitrogens with zero attached hydrogens (tertiary/aromatic N) is 3. The number of thioether (sulfide) groups is 1. The number of hydrazine groups is 1. The lowest BCUT2D eigenvalue weighted by atomic mass is 10.2. The van der Waals surface area contributed by atoms with Gasteiger partial charge in [0.05, 0.1) is 11.9 Å². The molecule has 0 radical (unpaired) electrons. The van der Waals surface area contributed by atoms with Crippen LogP contribution in [0.25, 0.3) is 10.2 Å². The third kappa shape index (κ3) is 6.51. The van der Waals surface area contributed by atoms with Crippen molar-refractivity contribution in [1.82, 2.24) is 19.6 Å². The topological polar surface area (TPSA) is 129 Å². The summed E-state index contributed by atoms with van der Waals surface area (Å²) in [6, 6.07) is -1.29. The van der Waals surface area contributed by atoms with Gasteiger partial charge in [-0.2, -0.15) is 13.2 Å². The first-order chi connectivity index (χ1) is 16.1. The number of alkyl halides is 3. The molecule has 194 valence electrons. The van der Waals surface area contributed by atoms with E-state index in [2.05, 4.69) is 5.43 Å². The van der Waals surface area contributed by atoms with Crippen molar-refractivity contribution in [1.29, 1.82) is 0 Å². The van der Waals surface area contributed by atoms with Gasteiger partial charge in [0.2, 0.25) is 0 Å². The lowest BCUT2D eigenvalue weighted by Crippen LogP contribution is -2.49. The zero-order valence-electron chi connectivity index (χ0n) is 19.5. The molecule has 0 saturated heterocycles. The lowest BCUT2D eigenvalue weighted by Gasteiger charge is -2.24. The fourth-order valence-corrected chi connectivity index (χ4v) is 5.20. The molecule has 1 fully saturated rings. The molecule has 3 rings (SSSR count). The van der Waals surface area contributed by atoms with Crippen LogP contribution in [0.15, 0.2) is 9.59 Å². The summed E-state index contributed by atoms with van der Waals surface area (Å²) in [6.07, 6.45) is 0.333. The Morgan fingerprint density at radius 1 is 1.26 bits per heavy atom. The van der Waals surface area contributed by atoms with E-state index in [4.69, 9.17) is 10.5 Å². The molecule has 0 spiro atoms. The van der Waals surface area contributed by atoms with Gasteiger partial charge in [0.1, 0.15) is 10.4 Å². The molecule has 0 atom stereocenters. The van der Waals surface area contributed by atoms with Crippen molar-refractivity contribution in [2.75, 3.05) is 5.75 Å². The number of aryl methyl sites for hydroxylation is 2. The number of urea groups is 1. The van der Waals surface area contributed by atoms with E-state index < -0.39 is 40.2 Å². The third-order valence-electron chi connectivity index (χ3n) is 5.03.